The molecule has 0 bridgehead atoms. The molecule has 0 unspecified atom stereocenters. The smallest absolute Gasteiger partial charge is 0.282 e. The third kappa shape index (κ3) is 3.18. The molecule has 0 aliphatic carbocycles. The van der Waals surface area contributed by atoms with E-state index in [4.69, 9.17) is 16.2 Å². The van der Waals surface area contributed by atoms with Crippen molar-refractivity contribution in [1.82, 2.24) is 0 Å². The van der Waals surface area contributed by atoms with E-state index in [-0.39, 0.29) is 5.02 Å². The highest BCUT2D eigenvalue weighted by Gasteiger charge is 2.29. The molecule has 0 atom stereocenters. The number of nitro benzene ring substituents is 1. The lowest BCUT2D eigenvalue weighted by Crippen LogP contribution is -2.06. The lowest BCUT2D eigenvalue weighted by molar-refractivity contribution is -0.387. The molecule has 0 saturated heterocycles. The van der Waals surface area contributed by atoms with Crippen LogP contribution in [0.25, 0.3) is 0 Å². The van der Waals surface area contributed by atoms with Crippen LogP contribution in [0.3, 0.4) is 0 Å². The zero-order valence-corrected chi connectivity index (χ0v) is 11.2. The van der Waals surface area contributed by atoms with Gasteiger partial charge in [0.2, 0.25) is 0 Å². The fourth-order valence-electron chi connectivity index (χ4n) is 1.54. The van der Waals surface area contributed by atoms with Gasteiger partial charge in [-0.1, -0.05) is 31.0 Å². The second-order valence-electron chi connectivity index (χ2n) is 3.72. The number of nitro groups is 1. The molecule has 0 aromatic heterocycles. The van der Waals surface area contributed by atoms with E-state index in [1.165, 1.54) is 6.07 Å². The summed E-state index contributed by atoms with van der Waals surface area (Å²) in [5.41, 5.74) is -0.250. The first-order valence-electron chi connectivity index (χ1n) is 5.22. The molecule has 0 fully saturated rings. The summed E-state index contributed by atoms with van der Waals surface area (Å²) in [6.07, 6.45) is 2.13. The van der Waals surface area contributed by atoms with Crippen LogP contribution in [-0.2, 0) is 16.5 Å². The Labute approximate surface area is 109 Å². The summed E-state index contributed by atoms with van der Waals surface area (Å²) in [7, 11) is -4.73. The van der Waals surface area contributed by atoms with Crippen molar-refractivity contribution in [2.45, 2.75) is 31.1 Å². The topological polar surface area (TPSA) is 97.5 Å². The zero-order chi connectivity index (χ0) is 13.9. The standard InChI is InChI=1S/C10H12ClNO5S/c1-2-3-4-7-5-6-8(12(13)14)10(9(7)11)18(15,16)17/h5-6H,2-4H2,1H3,(H,15,16,17). The van der Waals surface area contributed by atoms with Gasteiger partial charge in [0.25, 0.3) is 5.69 Å². The van der Waals surface area contributed by atoms with Crippen LogP contribution >= 0.6 is 11.6 Å². The second kappa shape index (κ2) is 5.64. The van der Waals surface area contributed by atoms with Crippen LogP contribution in [0.15, 0.2) is 17.0 Å². The number of halogens is 1. The number of rotatable bonds is 5. The number of nitrogens with zero attached hydrogens (tertiary/aromatic N) is 1. The molecule has 0 saturated carbocycles. The maximum atomic E-state index is 11.2. The molecule has 0 heterocycles. The Kier molecular flexibility index (Phi) is 4.66. The summed E-state index contributed by atoms with van der Waals surface area (Å²) in [5.74, 6) is 0. The van der Waals surface area contributed by atoms with Crippen LogP contribution in [-0.4, -0.2) is 17.9 Å². The van der Waals surface area contributed by atoms with Gasteiger partial charge >= 0.3 is 10.1 Å². The van der Waals surface area contributed by atoms with Gasteiger partial charge in [-0.3, -0.25) is 14.7 Å². The number of benzene rings is 1. The van der Waals surface area contributed by atoms with E-state index in [9.17, 15) is 18.5 Å². The molecule has 1 aromatic carbocycles. The number of hydrogen-bond donors (Lipinski definition) is 1. The van der Waals surface area contributed by atoms with Crippen LogP contribution in [0.4, 0.5) is 5.69 Å². The van der Waals surface area contributed by atoms with Crippen molar-refractivity contribution < 1.29 is 17.9 Å². The molecule has 1 N–H and O–H groups in total. The molecule has 0 amide bonds. The molecule has 1 rings (SSSR count). The third-order valence-corrected chi connectivity index (χ3v) is 3.88. The summed E-state index contributed by atoms with van der Waals surface area (Å²) >= 11 is 5.83. The predicted molar refractivity (Wildman–Crippen MR) is 66.5 cm³/mol. The minimum absolute atomic E-state index is 0.278. The van der Waals surface area contributed by atoms with E-state index in [1.54, 1.807) is 0 Å². The highest BCUT2D eigenvalue weighted by atomic mass is 35.5. The summed E-state index contributed by atoms with van der Waals surface area (Å²) in [6, 6.07) is 2.45. The van der Waals surface area contributed by atoms with Gasteiger partial charge < -0.3 is 0 Å². The molecule has 8 heteroatoms. The Hall–Kier alpha value is -1.18. The van der Waals surface area contributed by atoms with E-state index in [2.05, 4.69) is 0 Å². The van der Waals surface area contributed by atoms with Crippen molar-refractivity contribution in [2.75, 3.05) is 0 Å². The summed E-state index contributed by atoms with van der Waals surface area (Å²) in [6.45, 7) is 1.95. The third-order valence-electron chi connectivity index (χ3n) is 2.41. The fraction of sp³-hybridized carbons (Fsp3) is 0.400. The van der Waals surface area contributed by atoms with Gasteiger partial charge in [0.1, 0.15) is 0 Å². The van der Waals surface area contributed by atoms with Gasteiger partial charge in [0, 0.05) is 6.07 Å². The zero-order valence-electron chi connectivity index (χ0n) is 9.59. The van der Waals surface area contributed by atoms with Gasteiger partial charge in [-0.05, 0) is 18.4 Å². The summed E-state index contributed by atoms with van der Waals surface area (Å²) in [4.78, 5) is 9.00. The molecule has 0 radical (unpaired) electrons. The molecule has 0 aliphatic heterocycles. The normalized spacial score (nSPS) is 11.5. The highest BCUT2D eigenvalue weighted by molar-refractivity contribution is 7.86. The van der Waals surface area contributed by atoms with Crippen LogP contribution in [0.5, 0.6) is 0 Å². The Morgan fingerprint density at radius 2 is 2.06 bits per heavy atom. The van der Waals surface area contributed by atoms with Crippen LogP contribution in [0, 0.1) is 10.1 Å². The maximum Gasteiger partial charge on any atom is 0.302 e. The van der Waals surface area contributed by atoms with Crippen molar-refractivity contribution in [2.24, 2.45) is 0 Å². The molecular formula is C10H12ClNO5S. The second-order valence-corrected chi connectivity index (χ2v) is 5.46. The van der Waals surface area contributed by atoms with E-state index >= 15 is 0 Å². The summed E-state index contributed by atoms with van der Waals surface area (Å²) < 4.78 is 31.4. The molecule has 0 aliphatic rings. The van der Waals surface area contributed by atoms with Crippen molar-refractivity contribution in [3.63, 3.8) is 0 Å². The minimum Gasteiger partial charge on any atom is -0.282 e. The highest BCUT2D eigenvalue weighted by Crippen LogP contribution is 2.34. The van der Waals surface area contributed by atoms with E-state index < -0.39 is 25.6 Å². The van der Waals surface area contributed by atoms with Gasteiger partial charge in [0.15, 0.2) is 4.90 Å². The average Bonchev–Trinajstić information content (AvgIpc) is 2.25. The van der Waals surface area contributed by atoms with Crippen LogP contribution in [0.2, 0.25) is 5.02 Å². The first-order chi connectivity index (χ1) is 8.29. The van der Waals surface area contributed by atoms with Gasteiger partial charge in [0.05, 0.1) is 9.95 Å². The van der Waals surface area contributed by atoms with E-state index in [1.807, 2.05) is 6.92 Å². The first-order valence-corrected chi connectivity index (χ1v) is 7.04. The van der Waals surface area contributed by atoms with Gasteiger partial charge in [-0.2, -0.15) is 8.42 Å². The lowest BCUT2D eigenvalue weighted by Gasteiger charge is -2.07. The Balaban J connectivity index is 3.46. The van der Waals surface area contributed by atoms with E-state index in [0.29, 0.717) is 12.0 Å². The molecule has 1 aromatic rings. The quantitative estimate of drug-likeness (QED) is 0.511. The average molecular weight is 294 g/mol. The van der Waals surface area contributed by atoms with Crippen molar-refractivity contribution >= 4 is 27.4 Å². The molecular weight excluding hydrogens is 282 g/mol. The van der Waals surface area contributed by atoms with Gasteiger partial charge in [-0.15, -0.1) is 0 Å². The van der Waals surface area contributed by atoms with Crippen LogP contribution in [0.1, 0.15) is 25.3 Å². The monoisotopic (exact) mass is 293 g/mol. The largest absolute Gasteiger partial charge is 0.302 e. The van der Waals surface area contributed by atoms with Gasteiger partial charge in [-0.25, -0.2) is 0 Å². The maximum absolute atomic E-state index is 11.2. The predicted octanol–water partition coefficient (Wildman–Crippen LogP) is 2.84. The number of hydrogen-bond acceptors (Lipinski definition) is 4. The first kappa shape index (κ1) is 14.9. The summed E-state index contributed by atoms with van der Waals surface area (Å²) in [5, 5.41) is 10.4. The molecule has 6 nitrogen and oxygen atoms in total. The Morgan fingerprint density at radius 3 is 2.50 bits per heavy atom. The van der Waals surface area contributed by atoms with Crippen molar-refractivity contribution in [3.05, 3.63) is 32.8 Å². The van der Waals surface area contributed by atoms with Crippen LogP contribution < -0.4 is 0 Å². The van der Waals surface area contributed by atoms with Crippen molar-refractivity contribution in [1.29, 1.82) is 0 Å². The molecule has 18 heavy (non-hydrogen) atoms. The molecule has 0 spiro atoms. The minimum atomic E-state index is -4.73. The fourth-order valence-corrected chi connectivity index (χ4v) is 2.85. The van der Waals surface area contributed by atoms with E-state index in [0.717, 1.165) is 18.9 Å². The Morgan fingerprint density at radius 1 is 1.44 bits per heavy atom. The molecule has 100 valence electrons. The number of aryl methyl sites for hydroxylation is 1. The Bertz CT molecular complexity index is 570. The van der Waals surface area contributed by atoms with Crippen molar-refractivity contribution in [3.8, 4) is 0 Å². The SMILES string of the molecule is CCCCc1ccc([N+](=O)[O-])c(S(=O)(=O)O)c1Cl. The number of unbranched alkanes of at least 4 members (excludes halogenated alkanes) is 1. The lowest BCUT2D eigenvalue weighted by atomic mass is 10.1.